The van der Waals surface area contributed by atoms with Crippen LogP contribution in [-0.4, -0.2) is 57.6 Å². The molecule has 0 unspecified atom stereocenters. The highest BCUT2D eigenvalue weighted by atomic mass is 19.1. The minimum atomic E-state index is -0.776. The van der Waals surface area contributed by atoms with Gasteiger partial charge in [-0.3, -0.25) is 14.3 Å². The number of carbonyl (C=O) groups excluding carboxylic acids is 2. The fourth-order valence-electron chi connectivity index (χ4n) is 3.87. The summed E-state index contributed by atoms with van der Waals surface area (Å²) in [5.41, 5.74) is 2.28. The predicted octanol–water partition coefficient (Wildman–Crippen LogP) is 3.53. The Morgan fingerprint density at radius 2 is 1.56 bits per heavy atom. The number of halogens is 2. The zero-order chi connectivity index (χ0) is 22.8. The van der Waals surface area contributed by atoms with E-state index in [0.29, 0.717) is 31.7 Å². The first-order chi connectivity index (χ1) is 15.4. The topological polar surface area (TPSA) is 58.4 Å². The molecule has 0 spiro atoms. The number of amides is 2. The van der Waals surface area contributed by atoms with Crippen molar-refractivity contribution in [1.82, 2.24) is 19.6 Å². The van der Waals surface area contributed by atoms with E-state index < -0.39 is 11.6 Å². The van der Waals surface area contributed by atoms with Gasteiger partial charge in [0, 0.05) is 56.6 Å². The van der Waals surface area contributed by atoms with Crippen molar-refractivity contribution in [3.05, 3.63) is 77.0 Å². The van der Waals surface area contributed by atoms with Gasteiger partial charge in [0.1, 0.15) is 17.3 Å². The number of carbonyl (C=O) groups is 2. The first-order valence-electron chi connectivity index (χ1n) is 10.5. The molecule has 0 N–H and O–H groups in total. The minimum absolute atomic E-state index is 0.0600. The van der Waals surface area contributed by atoms with Gasteiger partial charge in [0.2, 0.25) is 0 Å². The largest absolute Gasteiger partial charge is 0.335 e. The number of piperazine rings is 1. The zero-order valence-electron chi connectivity index (χ0n) is 18.0. The van der Waals surface area contributed by atoms with Gasteiger partial charge in [-0.25, -0.2) is 8.78 Å². The van der Waals surface area contributed by atoms with Crippen molar-refractivity contribution in [2.24, 2.45) is 7.05 Å². The molecule has 166 valence electrons. The Kier molecular flexibility index (Phi) is 6.03. The highest BCUT2D eigenvalue weighted by molar-refractivity contribution is 6.00. The molecule has 2 amide bonds. The van der Waals surface area contributed by atoms with Crippen LogP contribution >= 0.6 is 0 Å². The second-order valence-corrected chi connectivity index (χ2v) is 7.82. The van der Waals surface area contributed by atoms with Crippen LogP contribution in [0.4, 0.5) is 8.78 Å². The number of benzene rings is 2. The lowest BCUT2D eigenvalue weighted by Gasteiger charge is -2.34. The van der Waals surface area contributed by atoms with E-state index in [4.69, 9.17) is 0 Å². The van der Waals surface area contributed by atoms with Crippen molar-refractivity contribution in [3.63, 3.8) is 0 Å². The van der Waals surface area contributed by atoms with E-state index in [0.717, 1.165) is 18.6 Å². The number of aryl methyl sites for hydroxylation is 2. The summed E-state index contributed by atoms with van der Waals surface area (Å²) in [6, 6.07) is 10.8. The summed E-state index contributed by atoms with van der Waals surface area (Å²) in [5, 5.41) is 4.23. The van der Waals surface area contributed by atoms with Gasteiger partial charge in [-0.1, -0.05) is 19.1 Å². The summed E-state index contributed by atoms with van der Waals surface area (Å²) in [6.45, 7) is 3.59. The van der Waals surface area contributed by atoms with Crippen molar-refractivity contribution in [2.75, 3.05) is 26.2 Å². The Balaban J connectivity index is 1.47. The Morgan fingerprint density at radius 1 is 0.938 bits per heavy atom. The maximum atomic E-state index is 14.3. The van der Waals surface area contributed by atoms with Gasteiger partial charge in [-0.05, 0) is 36.2 Å². The Morgan fingerprint density at radius 3 is 2.16 bits per heavy atom. The van der Waals surface area contributed by atoms with E-state index in [1.54, 1.807) is 16.8 Å². The molecule has 6 nitrogen and oxygen atoms in total. The number of nitrogens with zero attached hydrogens (tertiary/aromatic N) is 4. The minimum Gasteiger partial charge on any atom is -0.335 e. The molecule has 0 radical (unpaired) electrons. The van der Waals surface area contributed by atoms with Crippen LogP contribution in [0.3, 0.4) is 0 Å². The Bertz CT molecular complexity index is 1150. The summed E-state index contributed by atoms with van der Waals surface area (Å²) in [7, 11) is 1.64. The quantitative estimate of drug-likeness (QED) is 0.626. The lowest BCUT2D eigenvalue weighted by molar-refractivity contribution is 0.0536. The standard InChI is InChI=1S/C24H24F2N4O2/c1-3-16-4-6-17(7-5-16)23(31)29-10-12-30(13-11-29)24(32)20-15-28(2)27-22(20)19-9-8-18(25)14-21(19)26/h4-9,14-15H,3,10-13H2,1-2H3. The fraction of sp³-hybridized carbons (Fsp3) is 0.292. The molecule has 32 heavy (non-hydrogen) atoms. The van der Waals surface area contributed by atoms with E-state index in [-0.39, 0.29) is 28.6 Å². The molecule has 8 heteroatoms. The zero-order valence-corrected chi connectivity index (χ0v) is 18.0. The maximum absolute atomic E-state index is 14.3. The molecule has 2 aromatic carbocycles. The van der Waals surface area contributed by atoms with Crippen LogP contribution in [0.15, 0.2) is 48.7 Å². The van der Waals surface area contributed by atoms with Gasteiger partial charge in [0.05, 0.1) is 5.56 Å². The van der Waals surface area contributed by atoms with Crippen LogP contribution in [0.25, 0.3) is 11.3 Å². The SMILES string of the molecule is CCc1ccc(C(=O)N2CCN(C(=O)c3cn(C)nc3-c3ccc(F)cc3F)CC2)cc1. The molecule has 4 rings (SSSR count). The van der Waals surface area contributed by atoms with Crippen molar-refractivity contribution in [1.29, 1.82) is 0 Å². The molecule has 1 aliphatic rings. The second-order valence-electron chi connectivity index (χ2n) is 7.82. The monoisotopic (exact) mass is 438 g/mol. The first-order valence-corrected chi connectivity index (χ1v) is 10.5. The van der Waals surface area contributed by atoms with Crippen LogP contribution in [0.2, 0.25) is 0 Å². The molecule has 1 aliphatic heterocycles. The third-order valence-corrected chi connectivity index (χ3v) is 5.71. The summed E-state index contributed by atoms with van der Waals surface area (Å²) in [6.07, 6.45) is 2.45. The average molecular weight is 438 g/mol. The Hall–Kier alpha value is -3.55. The fourth-order valence-corrected chi connectivity index (χ4v) is 3.87. The molecule has 1 saturated heterocycles. The molecule has 0 saturated carbocycles. The van der Waals surface area contributed by atoms with Gasteiger partial charge in [0.25, 0.3) is 11.8 Å². The van der Waals surface area contributed by atoms with E-state index in [9.17, 15) is 18.4 Å². The highest BCUT2D eigenvalue weighted by Gasteiger charge is 2.29. The van der Waals surface area contributed by atoms with E-state index >= 15 is 0 Å². The summed E-state index contributed by atoms with van der Waals surface area (Å²) >= 11 is 0. The Labute approximate surface area is 185 Å². The maximum Gasteiger partial charge on any atom is 0.257 e. The van der Waals surface area contributed by atoms with E-state index in [1.807, 2.05) is 24.3 Å². The van der Waals surface area contributed by atoms with Crippen molar-refractivity contribution < 1.29 is 18.4 Å². The molecule has 0 atom stereocenters. The third kappa shape index (κ3) is 4.26. The number of rotatable bonds is 4. The smallest absolute Gasteiger partial charge is 0.257 e. The molecule has 2 heterocycles. The summed E-state index contributed by atoms with van der Waals surface area (Å²) in [4.78, 5) is 29.3. The molecular weight excluding hydrogens is 414 g/mol. The number of hydrogen-bond acceptors (Lipinski definition) is 3. The van der Waals surface area contributed by atoms with Crippen molar-refractivity contribution in [3.8, 4) is 11.3 Å². The summed E-state index contributed by atoms with van der Waals surface area (Å²) in [5.74, 6) is -1.83. The van der Waals surface area contributed by atoms with Crippen LogP contribution in [0.5, 0.6) is 0 Å². The van der Waals surface area contributed by atoms with Gasteiger partial charge < -0.3 is 9.80 Å². The molecule has 0 bridgehead atoms. The normalized spacial score (nSPS) is 14.0. The molecular formula is C24H24F2N4O2. The molecule has 1 aromatic heterocycles. The van der Waals surface area contributed by atoms with E-state index in [2.05, 4.69) is 12.0 Å². The van der Waals surface area contributed by atoms with Crippen LogP contribution in [0.1, 0.15) is 33.2 Å². The molecule has 3 aromatic rings. The van der Waals surface area contributed by atoms with Crippen LogP contribution < -0.4 is 0 Å². The van der Waals surface area contributed by atoms with Gasteiger partial charge >= 0.3 is 0 Å². The van der Waals surface area contributed by atoms with Crippen molar-refractivity contribution >= 4 is 11.8 Å². The van der Waals surface area contributed by atoms with Crippen LogP contribution in [0, 0.1) is 11.6 Å². The lowest BCUT2D eigenvalue weighted by atomic mass is 10.1. The third-order valence-electron chi connectivity index (χ3n) is 5.71. The molecule has 0 aliphatic carbocycles. The number of hydrogen-bond donors (Lipinski definition) is 0. The van der Waals surface area contributed by atoms with Crippen LogP contribution in [-0.2, 0) is 13.5 Å². The number of aromatic nitrogens is 2. The van der Waals surface area contributed by atoms with Gasteiger partial charge in [-0.2, -0.15) is 5.10 Å². The average Bonchev–Trinajstić information content (AvgIpc) is 3.19. The second kappa shape index (κ2) is 8.90. The van der Waals surface area contributed by atoms with E-state index in [1.165, 1.54) is 22.5 Å². The summed E-state index contributed by atoms with van der Waals surface area (Å²) < 4.78 is 29.1. The van der Waals surface area contributed by atoms with Crippen molar-refractivity contribution in [2.45, 2.75) is 13.3 Å². The van der Waals surface area contributed by atoms with Gasteiger partial charge in [-0.15, -0.1) is 0 Å². The predicted molar refractivity (Wildman–Crippen MR) is 116 cm³/mol. The molecule has 1 fully saturated rings. The highest BCUT2D eigenvalue weighted by Crippen LogP contribution is 2.27. The lowest BCUT2D eigenvalue weighted by Crippen LogP contribution is -2.50. The first kappa shape index (κ1) is 21.7. The van der Waals surface area contributed by atoms with Gasteiger partial charge in [0.15, 0.2) is 0 Å².